The van der Waals surface area contributed by atoms with Crippen LogP contribution in [0, 0.1) is 13.8 Å². The molecule has 0 aliphatic rings. The van der Waals surface area contributed by atoms with Crippen molar-refractivity contribution < 1.29 is 0 Å². The highest BCUT2D eigenvalue weighted by atomic mass is 35.5. The number of halogens is 1. The third-order valence-electron chi connectivity index (χ3n) is 2.15. The van der Waals surface area contributed by atoms with Crippen LogP contribution in [-0.2, 0) is 0 Å². The van der Waals surface area contributed by atoms with Crippen LogP contribution in [0.5, 0.6) is 0 Å². The Hall–Kier alpha value is -1.08. The Morgan fingerprint density at radius 1 is 1.15 bits per heavy atom. The molecule has 0 saturated heterocycles. The normalized spacial score (nSPS) is 10.7. The minimum atomic E-state index is 0.553. The molecule has 0 atom stereocenters. The first-order chi connectivity index (χ1) is 6.16. The van der Waals surface area contributed by atoms with Gasteiger partial charge >= 0.3 is 0 Å². The zero-order valence-electron chi connectivity index (χ0n) is 7.63. The molecule has 2 aromatic rings. The third kappa shape index (κ3) is 1.52. The van der Waals surface area contributed by atoms with Gasteiger partial charge in [-0.25, -0.2) is 4.98 Å². The molecular formula is C11H10ClN. The Bertz CT molecular complexity index is 458. The van der Waals surface area contributed by atoms with Crippen LogP contribution in [0.4, 0.5) is 0 Å². The summed E-state index contributed by atoms with van der Waals surface area (Å²) in [5.41, 5.74) is 2.51. The summed E-state index contributed by atoms with van der Waals surface area (Å²) in [6, 6.07) is 6.17. The topological polar surface area (TPSA) is 12.9 Å². The van der Waals surface area contributed by atoms with Gasteiger partial charge in [-0.2, -0.15) is 0 Å². The lowest BCUT2D eigenvalue weighted by molar-refractivity contribution is 1.34. The summed E-state index contributed by atoms with van der Waals surface area (Å²) in [6.07, 6.45) is 1.83. The van der Waals surface area contributed by atoms with E-state index in [4.69, 9.17) is 11.6 Å². The van der Waals surface area contributed by atoms with E-state index in [0.717, 1.165) is 5.39 Å². The van der Waals surface area contributed by atoms with E-state index >= 15 is 0 Å². The molecular weight excluding hydrogens is 182 g/mol. The maximum absolute atomic E-state index is 5.81. The molecule has 13 heavy (non-hydrogen) atoms. The zero-order valence-corrected chi connectivity index (χ0v) is 8.39. The van der Waals surface area contributed by atoms with Gasteiger partial charge in [0.15, 0.2) is 0 Å². The highest BCUT2D eigenvalue weighted by molar-refractivity contribution is 6.30. The molecule has 0 aliphatic carbocycles. The van der Waals surface area contributed by atoms with Crippen molar-refractivity contribution >= 4 is 22.4 Å². The van der Waals surface area contributed by atoms with E-state index in [2.05, 4.69) is 31.0 Å². The van der Waals surface area contributed by atoms with Crippen molar-refractivity contribution in [3.05, 3.63) is 40.7 Å². The van der Waals surface area contributed by atoms with Gasteiger partial charge in [0.2, 0.25) is 0 Å². The van der Waals surface area contributed by atoms with Crippen LogP contribution >= 0.6 is 11.6 Å². The predicted molar refractivity (Wildman–Crippen MR) is 56.2 cm³/mol. The number of rotatable bonds is 0. The maximum Gasteiger partial charge on any atom is 0.129 e. The van der Waals surface area contributed by atoms with Crippen molar-refractivity contribution in [3.8, 4) is 0 Å². The second-order valence-corrected chi connectivity index (χ2v) is 3.70. The first-order valence-electron chi connectivity index (χ1n) is 4.19. The molecule has 1 heterocycles. The Morgan fingerprint density at radius 2 is 1.92 bits per heavy atom. The maximum atomic E-state index is 5.81. The zero-order chi connectivity index (χ0) is 9.42. The lowest BCUT2D eigenvalue weighted by atomic mass is 10.0. The number of hydrogen-bond acceptors (Lipinski definition) is 1. The molecule has 0 amide bonds. The standard InChI is InChI=1S/C11H10ClN/c1-7-3-8(2)10-6-13-11(12)5-9(10)4-7/h3-6H,1-2H3. The summed E-state index contributed by atoms with van der Waals surface area (Å²) in [5, 5.41) is 2.89. The number of aryl methyl sites for hydroxylation is 2. The van der Waals surface area contributed by atoms with Crippen LogP contribution in [-0.4, -0.2) is 4.98 Å². The van der Waals surface area contributed by atoms with Crippen LogP contribution < -0.4 is 0 Å². The second-order valence-electron chi connectivity index (χ2n) is 3.31. The number of fused-ring (bicyclic) bond motifs is 1. The summed E-state index contributed by atoms with van der Waals surface area (Å²) < 4.78 is 0. The van der Waals surface area contributed by atoms with Crippen LogP contribution in [0.3, 0.4) is 0 Å². The fourth-order valence-corrected chi connectivity index (χ4v) is 1.77. The first-order valence-corrected chi connectivity index (χ1v) is 4.57. The third-order valence-corrected chi connectivity index (χ3v) is 2.36. The Labute approximate surface area is 82.4 Å². The van der Waals surface area contributed by atoms with E-state index in [-0.39, 0.29) is 0 Å². The monoisotopic (exact) mass is 191 g/mol. The number of nitrogens with zero attached hydrogens (tertiary/aromatic N) is 1. The summed E-state index contributed by atoms with van der Waals surface area (Å²) in [4.78, 5) is 4.06. The van der Waals surface area contributed by atoms with Gasteiger partial charge < -0.3 is 0 Å². The van der Waals surface area contributed by atoms with Crippen LogP contribution in [0.25, 0.3) is 10.8 Å². The van der Waals surface area contributed by atoms with E-state index in [1.807, 2.05) is 12.3 Å². The van der Waals surface area contributed by atoms with Gasteiger partial charge in [-0.1, -0.05) is 29.3 Å². The molecule has 0 spiro atoms. The molecule has 0 unspecified atom stereocenters. The van der Waals surface area contributed by atoms with Crippen molar-refractivity contribution in [3.63, 3.8) is 0 Å². The largest absolute Gasteiger partial charge is 0.244 e. The Morgan fingerprint density at radius 3 is 2.69 bits per heavy atom. The number of benzene rings is 1. The highest BCUT2D eigenvalue weighted by Gasteiger charge is 1.99. The van der Waals surface area contributed by atoms with Gasteiger partial charge in [0, 0.05) is 11.6 Å². The van der Waals surface area contributed by atoms with E-state index in [0.29, 0.717) is 5.15 Å². The van der Waals surface area contributed by atoms with Gasteiger partial charge in [-0.05, 0) is 30.9 Å². The van der Waals surface area contributed by atoms with Gasteiger partial charge in [0.1, 0.15) is 5.15 Å². The lowest BCUT2D eigenvalue weighted by Crippen LogP contribution is -1.83. The van der Waals surface area contributed by atoms with Gasteiger partial charge in [-0.3, -0.25) is 0 Å². The molecule has 2 rings (SSSR count). The SMILES string of the molecule is Cc1cc(C)c2cnc(Cl)cc2c1. The molecule has 2 heteroatoms. The van der Waals surface area contributed by atoms with Gasteiger partial charge in [-0.15, -0.1) is 0 Å². The molecule has 0 saturated carbocycles. The van der Waals surface area contributed by atoms with E-state index < -0.39 is 0 Å². The first kappa shape index (κ1) is 8.52. The van der Waals surface area contributed by atoms with Gasteiger partial charge in [0.05, 0.1) is 0 Å². The molecule has 66 valence electrons. The summed E-state index contributed by atoms with van der Waals surface area (Å²) >= 11 is 5.81. The van der Waals surface area contributed by atoms with Crippen LogP contribution in [0.2, 0.25) is 5.15 Å². The Kier molecular flexibility index (Phi) is 1.97. The number of aromatic nitrogens is 1. The molecule has 1 aromatic carbocycles. The molecule has 0 fully saturated rings. The smallest absolute Gasteiger partial charge is 0.129 e. The molecule has 0 radical (unpaired) electrons. The van der Waals surface area contributed by atoms with E-state index in [1.54, 1.807) is 0 Å². The fourth-order valence-electron chi connectivity index (χ4n) is 1.60. The minimum Gasteiger partial charge on any atom is -0.244 e. The molecule has 0 aliphatic heterocycles. The van der Waals surface area contributed by atoms with E-state index in [9.17, 15) is 0 Å². The second kappa shape index (κ2) is 3.00. The minimum absolute atomic E-state index is 0.553. The number of hydrogen-bond donors (Lipinski definition) is 0. The van der Waals surface area contributed by atoms with Crippen molar-refractivity contribution in [2.45, 2.75) is 13.8 Å². The highest BCUT2D eigenvalue weighted by Crippen LogP contribution is 2.21. The van der Waals surface area contributed by atoms with Crippen molar-refractivity contribution in [1.82, 2.24) is 4.98 Å². The molecule has 0 N–H and O–H groups in total. The van der Waals surface area contributed by atoms with Crippen molar-refractivity contribution in [2.75, 3.05) is 0 Å². The molecule has 1 aromatic heterocycles. The van der Waals surface area contributed by atoms with Crippen molar-refractivity contribution in [1.29, 1.82) is 0 Å². The predicted octanol–water partition coefficient (Wildman–Crippen LogP) is 3.51. The van der Waals surface area contributed by atoms with Gasteiger partial charge in [0.25, 0.3) is 0 Å². The molecule has 0 bridgehead atoms. The number of pyridine rings is 1. The quantitative estimate of drug-likeness (QED) is 0.581. The summed E-state index contributed by atoms with van der Waals surface area (Å²) in [5.74, 6) is 0. The van der Waals surface area contributed by atoms with Crippen LogP contribution in [0.15, 0.2) is 24.4 Å². The fraction of sp³-hybridized carbons (Fsp3) is 0.182. The average molecular weight is 192 g/mol. The Balaban J connectivity index is 2.86. The molecule has 1 nitrogen and oxygen atoms in total. The van der Waals surface area contributed by atoms with Crippen LogP contribution in [0.1, 0.15) is 11.1 Å². The summed E-state index contributed by atoms with van der Waals surface area (Å²) in [7, 11) is 0. The van der Waals surface area contributed by atoms with Crippen molar-refractivity contribution in [2.24, 2.45) is 0 Å². The summed E-state index contributed by atoms with van der Waals surface area (Å²) in [6.45, 7) is 4.17. The van der Waals surface area contributed by atoms with E-state index in [1.165, 1.54) is 16.5 Å². The average Bonchev–Trinajstić information content (AvgIpc) is 2.02. The lowest BCUT2D eigenvalue weighted by Gasteiger charge is -2.03.